The lowest BCUT2D eigenvalue weighted by molar-refractivity contribution is -0.124. The van der Waals surface area contributed by atoms with Crippen LogP contribution in [0.3, 0.4) is 0 Å². The second-order valence-electron chi connectivity index (χ2n) is 4.22. The molecule has 13 heavy (non-hydrogen) atoms. The number of rotatable bonds is 4. The maximum atomic E-state index is 11.3. The Hall–Kier alpha value is -0.570. The number of amides is 1. The molecule has 0 spiro atoms. The van der Waals surface area contributed by atoms with E-state index in [0.717, 1.165) is 32.2 Å². The van der Waals surface area contributed by atoms with Gasteiger partial charge in [-0.15, -0.1) is 0 Å². The van der Waals surface area contributed by atoms with Crippen LogP contribution in [-0.2, 0) is 4.79 Å². The second kappa shape index (κ2) is 4.09. The third-order valence-electron chi connectivity index (χ3n) is 2.95. The Morgan fingerprint density at radius 1 is 1.69 bits per heavy atom. The van der Waals surface area contributed by atoms with Crippen LogP contribution < -0.4 is 11.1 Å². The molecule has 1 saturated carbocycles. The summed E-state index contributed by atoms with van der Waals surface area (Å²) in [6.45, 7) is 5.16. The zero-order chi connectivity index (χ0) is 9.90. The van der Waals surface area contributed by atoms with E-state index < -0.39 is 5.54 Å². The van der Waals surface area contributed by atoms with Gasteiger partial charge in [-0.2, -0.15) is 0 Å². The zero-order valence-electron chi connectivity index (χ0n) is 8.60. The minimum atomic E-state index is -0.393. The normalized spacial score (nSPS) is 33.5. The number of hydrogen-bond donors (Lipinski definition) is 2. The molecule has 3 nitrogen and oxygen atoms in total. The Kier molecular flexibility index (Phi) is 3.31. The van der Waals surface area contributed by atoms with Gasteiger partial charge in [0.25, 0.3) is 0 Å². The maximum Gasteiger partial charge on any atom is 0.237 e. The Labute approximate surface area is 80.1 Å². The van der Waals surface area contributed by atoms with Crippen LogP contribution in [0.5, 0.6) is 0 Å². The molecular formula is C10H20N2O. The summed E-state index contributed by atoms with van der Waals surface area (Å²) in [5.41, 5.74) is 5.04. The van der Waals surface area contributed by atoms with Gasteiger partial charge in [-0.05, 0) is 38.1 Å². The second-order valence-corrected chi connectivity index (χ2v) is 4.22. The lowest BCUT2D eigenvalue weighted by atomic mass is 9.95. The van der Waals surface area contributed by atoms with Gasteiger partial charge in [0, 0.05) is 0 Å². The van der Waals surface area contributed by atoms with E-state index in [1.807, 2.05) is 0 Å². The first-order valence-corrected chi connectivity index (χ1v) is 5.15. The number of hydrogen-bond acceptors (Lipinski definition) is 2. The monoisotopic (exact) mass is 184 g/mol. The molecule has 1 aliphatic carbocycles. The van der Waals surface area contributed by atoms with E-state index in [4.69, 9.17) is 5.73 Å². The van der Waals surface area contributed by atoms with Crippen LogP contribution in [-0.4, -0.2) is 18.0 Å². The summed E-state index contributed by atoms with van der Waals surface area (Å²) in [6.07, 6.45) is 3.97. The quantitative estimate of drug-likeness (QED) is 0.685. The third-order valence-corrected chi connectivity index (χ3v) is 2.95. The third kappa shape index (κ3) is 2.21. The molecule has 1 aliphatic rings. The number of carbonyl (C=O) groups excluding carboxylic acids is 1. The molecule has 0 aromatic rings. The summed E-state index contributed by atoms with van der Waals surface area (Å²) in [4.78, 5) is 11.3. The highest BCUT2D eigenvalue weighted by Gasteiger charge is 2.41. The molecule has 0 aromatic carbocycles. The fraction of sp³-hybridized carbons (Fsp3) is 0.900. The molecule has 0 aromatic heterocycles. The molecule has 3 heteroatoms. The van der Waals surface area contributed by atoms with E-state index >= 15 is 0 Å². The van der Waals surface area contributed by atoms with E-state index in [0.29, 0.717) is 5.92 Å². The van der Waals surface area contributed by atoms with Crippen molar-refractivity contribution in [2.24, 2.45) is 11.7 Å². The lowest BCUT2D eigenvalue weighted by Gasteiger charge is -2.26. The van der Waals surface area contributed by atoms with E-state index in [9.17, 15) is 4.79 Å². The van der Waals surface area contributed by atoms with Gasteiger partial charge in [0.05, 0.1) is 5.54 Å². The molecule has 1 amide bonds. The molecule has 0 heterocycles. The SMILES string of the molecule is CCCNC1(C(N)=O)CCC(C)C1. The van der Waals surface area contributed by atoms with Gasteiger partial charge in [-0.3, -0.25) is 4.79 Å². The largest absolute Gasteiger partial charge is 0.368 e. The topological polar surface area (TPSA) is 55.1 Å². The first-order chi connectivity index (χ1) is 6.10. The Morgan fingerprint density at radius 2 is 2.38 bits per heavy atom. The summed E-state index contributed by atoms with van der Waals surface area (Å²) >= 11 is 0. The Bertz CT molecular complexity index is 193. The van der Waals surface area contributed by atoms with Crippen LogP contribution in [0.2, 0.25) is 0 Å². The Morgan fingerprint density at radius 3 is 2.77 bits per heavy atom. The number of nitrogens with one attached hydrogen (secondary N) is 1. The minimum absolute atomic E-state index is 0.176. The molecule has 76 valence electrons. The lowest BCUT2D eigenvalue weighted by Crippen LogP contribution is -2.53. The van der Waals surface area contributed by atoms with Crippen LogP contribution in [0.4, 0.5) is 0 Å². The van der Waals surface area contributed by atoms with Crippen molar-refractivity contribution in [2.45, 2.75) is 45.1 Å². The molecular weight excluding hydrogens is 164 g/mol. The molecule has 0 radical (unpaired) electrons. The molecule has 1 rings (SSSR count). The predicted molar refractivity (Wildman–Crippen MR) is 53.2 cm³/mol. The van der Waals surface area contributed by atoms with Crippen molar-refractivity contribution >= 4 is 5.91 Å². The summed E-state index contributed by atoms with van der Waals surface area (Å²) in [7, 11) is 0. The van der Waals surface area contributed by atoms with E-state index in [-0.39, 0.29) is 5.91 Å². The van der Waals surface area contributed by atoms with Crippen molar-refractivity contribution < 1.29 is 4.79 Å². The van der Waals surface area contributed by atoms with Crippen LogP contribution >= 0.6 is 0 Å². The summed E-state index contributed by atoms with van der Waals surface area (Å²) in [5, 5.41) is 3.30. The van der Waals surface area contributed by atoms with Crippen molar-refractivity contribution in [2.75, 3.05) is 6.54 Å². The van der Waals surface area contributed by atoms with Crippen molar-refractivity contribution in [3.05, 3.63) is 0 Å². The Balaban J connectivity index is 2.60. The number of carbonyl (C=O) groups is 1. The van der Waals surface area contributed by atoms with Gasteiger partial charge in [0.15, 0.2) is 0 Å². The van der Waals surface area contributed by atoms with Gasteiger partial charge < -0.3 is 11.1 Å². The highest BCUT2D eigenvalue weighted by Crippen LogP contribution is 2.33. The van der Waals surface area contributed by atoms with Gasteiger partial charge in [-0.1, -0.05) is 13.8 Å². The van der Waals surface area contributed by atoms with Crippen molar-refractivity contribution in [3.63, 3.8) is 0 Å². The average Bonchev–Trinajstić information content (AvgIpc) is 2.45. The van der Waals surface area contributed by atoms with Gasteiger partial charge in [-0.25, -0.2) is 0 Å². The highest BCUT2D eigenvalue weighted by molar-refractivity contribution is 5.85. The molecule has 0 bridgehead atoms. The standard InChI is InChI=1S/C10H20N2O/c1-3-6-12-10(9(11)13)5-4-8(2)7-10/h8,12H,3-7H2,1-2H3,(H2,11,13). The molecule has 1 fully saturated rings. The minimum Gasteiger partial charge on any atom is -0.368 e. The van der Waals surface area contributed by atoms with Gasteiger partial charge in [0.2, 0.25) is 5.91 Å². The van der Waals surface area contributed by atoms with Crippen LogP contribution in [0.25, 0.3) is 0 Å². The van der Waals surface area contributed by atoms with Crippen LogP contribution in [0, 0.1) is 5.92 Å². The summed E-state index contributed by atoms with van der Waals surface area (Å²) in [6, 6.07) is 0. The fourth-order valence-electron chi connectivity index (χ4n) is 2.13. The molecule has 3 N–H and O–H groups in total. The average molecular weight is 184 g/mol. The highest BCUT2D eigenvalue weighted by atomic mass is 16.1. The van der Waals surface area contributed by atoms with E-state index in [1.54, 1.807) is 0 Å². The fourth-order valence-corrected chi connectivity index (χ4v) is 2.13. The van der Waals surface area contributed by atoms with Crippen molar-refractivity contribution in [1.29, 1.82) is 0 Å². The first kappa shape index (κ1) is 10.5. The van der Waals surface area contributed by atoms with Crippen LogP contribution in [0.15, 0.2) is 0 Å². The first-order valence-electron chi connectivity index (χ1n) is 5.15. The van der Waals surface area contributed by atoms with Crippen molar-refractivity contribution in [3.8, 4) is 0 Å². The van der Waals surface area contributed by atoms with Crippen molar-refractivity contribution in [1.82, 2.24) is 5.32 Å². The number of nitrogens with two attached hydrogens (primary N) is 1. The summed E-state index contributed by atoms with van der Waals surface area (Å²) in [5.74, 6) is 0.446. The number of primary amides is 1. The van der Waals surface area contributed by atoms with E-state index in [1.165, 1.54) is 0 Å². The van der Waals surface area contributed by atoms with Gasteiger partial charge in [0.1, 0.15) is 0 Å². The van der Waals surface area contributed by atoms with Gasteiger partial charge >= 0.3 is 0 Å². The maximum absolute atomic E-state index is 11.3. The van der Waals surface area contributed by atoms with Crippen LogP contribution in [0.1, 0.15) is 39.5 Å². The van der Waals surface area contributed by atoms with E-state index in [2.05, 4.69) is 19.2 Å². The molecule has 2 atom stereocenters. The molecule has 2 unspecified atom stereocenters. The molecule has 0 aliphatic heterocycles. The smallest absolute Gasteiger partial charge is 0.237 e. The zero-order valence-corrected chi connectivity index (χ0v) is 8.60. The molecule has 0 saturated heterocycles. The predicted octanol–water partition coefficient (Wildman–Crippen LogP) is 1.03. The summed E-state index contributed by atoms with van der Waals surface area (Å²) < 4.78 is 0.